The van der Waals surface area contributed by atoms with Crippen LogP contribution >= 0.6 is 0 Å². The second-order valence-corrected chi connectivity index (χ2v) is 8.41. The van der Waals surface area contributed by atoms with Crippen LogP contribution in [0.5, 0.6) is 0 Å². The molecule has 1 aromatic heterocycles. The number of rotatable bonds is 3. The summed E-state index contributed by atoms with van der Waals surface area (Å²) < 4.78 is 39.5. The molecule has 4 atom stereocenters. The molecule has 1 aromatic carbocycles. The molecule has 0 N–H and O–H groups in total. The maximum absolute atomic E-state index is 13.9. The Kier molecular flexibility index (Phi) is 4.96. The lowest BCUT2D eigenvalue weighted by molar-refractivity contribution is -0.175. The number of hydrogen-bond acceptors (Lipinski definition) is 3. The van der Waals surface area contributed by atoms with Gasteiger partial charge in [-0.3, -0.25) is 4.98 Å². The molecular formula is C24H25F2NO2. The molecule has 2 aliphatic carbocycles. The summed E-state index contributed by atoms with van der Waals surface area (Å²) in [4.78, 5) is 4.53. The topological polar surface area (TPSA) is 31.4 Å². The summed E-state index contributed by atoms with van der Waals surface area (Å²) in [5.41, 5.74) is 2.52. The number of nitrogens with zero attached hydrogens (tertiary/aromatic N) is 1. The van der Waals surface area contributed by atoms with Crippen molar-refractivity contribution in [2.75, 3.05) is 13.2 Å². The van der Waals surface area contributed by atoms with Crippen LogP contribution in [0.15, 0.2) is 48.7 Å². The highest BCUT2D eigenvalue weighted by Crippen LogP contribution is 2.55. The quantitative estimate of drug-likeness (QED) is 0.693. The SMILES string of the molecule is Fc1cccc(-c2ccc(/C=C/[C@H]3[C@@H]4CC[C@H](F)C[C@H]4CC34OCCO4)nc2)c1. The Balaban J connectivity index is 1.37. The Morgan fingerprint density at radius 3 is 2.69 bits per heavy atom. The van der Waals surface area contributed by atoms with Crippen molar-refractivity contribution in [3.63, 3.8) is 0 Å². The predicted octanol–water partition coefficient (Wildman–Crippen LogP) is 5.42. The molecule has 152 valence electrons. The van der Waals surface area contributed by atoms with E-state index in [-0.39, 0.29) is 11.7 Å². The summed E-state index contributed by atoms with van der Waals surface area (Å²) >= 11 is 0. The average Bonchev–Trinajstić information content (AvgIpc) is 3.31. The third-order valence-electron chi connectivity index (χ3n) is 6.69. The number of aromatic nitrogens is 1. The molecule has 3 fully saturated rings. The zero-order valence-corrected chi connectivity index (χ0v) is 16.3. The summed E-state index contributed by atoms with van der Waals surface area (Å²) in [7, 11) is 0. The fourth-order valence-corrected chi connectivity index (χ4v) is 5.38. The molecule has 5 heteroatoms. The lowest BCUT2D eigenvalue weighted by Crippen LogP contribution is -2.35. The first kappa shape index (κ1) is 18.9. The van der Waals surface area contributed by atoms with Gasteiger partial charge in [-0.05, 0) is 60.9 Å². The molecule has 5 rings (SSSR count). The predicted molar refractivity (Wildman–Crippen MR) is 107 cm³/mol. The number of pyridine rings is 1. The van der Waals surface area contributed by atoms with Crippen molar-refractivity contribution >= 4 is 6.08 Å². The molecule has 1 saturated heterocycles. The van der Waals surface area contributed by atoms with Crippen LogP contribution < -0.4 is 0 Å². The van der Waals surface area contributed by atoms with E-state index in [1.54, 1.807) is 12.3 Å². The summed E-state index contributed by atoms with van der Waals surface area (Å²) in [6, 6.07) is 10.4. The highest BCUT2D eigenvalue weighted by Gasteiger charge is 2.57. The average molecular weight is 397 g/mol. The van der Waals surface area contributed by atoms with Crippen LogP contribution in [0.1, 0.15) is 31.4 Å². The Hall–Kier alpha value is -2.11. The molecule has 3 aliphatic rings. The minimum absolute atomic E-state index is 0.118. The first-order chi connectivity index (χ1) is 14.1. The van der Waals surface area contributed by atoms with Gasteiger partial charge in [0.05, 0.1) is 18.9 Å². The largest absolute Gasteiger partial charge is 0.347 e. The van der Waals surface area contributed by atoms with Gasteiger partial charge in [-0.2, -0.15) is 0 Å². The lowest BCUT2D eigenvalue weighted by Gasteiger charge is -2.32. The zero-order valence-electron chi connectivity index (χ0n) is 16.3. The van der Waals surface area contributed by atoms with Gasteiger partial charge >= 0.3 is 0 Å². The van der Waals surface area contributed by atoms with Gasteiger partial charge in [-0.15, -0.1) is 0 Å². The van der Waals surface area contributed by atoms with E-state index in [0.717, 1.165) is 29.7 Å². The van der Waals surface area contributed by atoms with Crippen molar-refractivity contribution in [2.45, 2.75) is 37.6 Å². The monoisotopic (exact) mass is 397 g/mol. The lowest BCUT2D eigenvalue weighted by atomic mass is 9.77. The summed E-state index contributed by atoms with van der Waals surface area (Å²) in [5, 5.41) is 0. The molecule has 1 spiro atoms. The molecule has 0 radical (unpaired) electrons. The van der Waals surface area contributed by atoms with Gasteiger partial charge in [-0.25, -0.2) is 8.78 Å². The van der Waals surface area contributed by atoms with Crippen LogP contribution in [0, 0.1) is 23.6 Å². The van der Waals surface area contributed by atoms with Crippen molar-refractivity contribution in [3.8, 4) is 11.1 Å². The van der Waals surface area contributed by atoms with Crippen LogP contribution in [0.4, 0.5) is 8.78 Å². The van der Waals surface area contributed by atoms with E-state index in [9.17, 15) is 8.78 Å². The van der Waals surface area contributed by atoms with Crippen molar-refractivity contribution in [3.05, 3.63) is 60.2 Å². The van der Waals surface area contributed by atoms with Crippen molar-refractivity contribution in [2.24, 2.45) is 17.8 Å². The van der Waals surface area contributed by atoms with E-state index in [4.69, 9.17) is 9.47 Å². The summed E-state index contributed by atoms with van der Waals surface area (Å²) in [5.74, 6) is -0.0331. The standard InChI is InChI=1S/C24H25F2NO2/c25-19-3-1-2-16(12-19)17-4-6-21(27-15-17)7-9-23-22-8-5-20(26)13-18(22)14-24(23)28-10-11-29-24/h1-4,6-7,9,12,15,18,20,22-23H,5,8,10-11,13-14H2/b9-7+/t18-,20-,22+,23-/m0/s1. The Labute approximate surface area is 169 Å². The molecule has 0 unspecified atom stereocenters. The maximum atomic E-state index is 13.9. The van der Waals surface area contributed by atoms with Gasteiger partial charge in [0.15, 0.2) is 5.79 Å². The number of halogens is 2. The first-order valence-electron chi connectivity index (χ1n) is 10.5. The van der Waals surface area contributed by atoms with E-state index in [0.29, 0.717) is 37.9 Å². The van der Waals surface area contributed by atoms with E-state index >= 15 is 0 Å². The Morgan fingerprint density at radius 1 is 1.07 bits per heavy atom. The van der Waals surface area contributed by atoms with Crippen molar-refractivity contribution in [1.82, 2.24) is 4.98 Å². The van der Waals surface area contributed by atoms with Crippen molar-refractivity contribution in [1.29, 1.82) is 0 Å². The molecule has 29 heavy (non-hydrogen) atoms. The first-order valence-corrected chi connectivity index (χ1v) is 10.5. The summed E-state index contributed by atoms with van der Waals surface area (Å²) in [6.45, 7) is 1.20. The fraction of sp³-hybridized carbons (Fsp3) is 0.458. The number of ether oxygens (including phenoxy) is 2. The third-order valence-corrected chi connectivity index (χ3v) is 6.69. The molecule has 0 bridgehead atoms. The number of hydrogen-bond donors (Lipinski definition) is 0. The number of fused-ring (bicyclic) bond motifs is 1. The molecule has 2 aromatic rings. The fourth-order valence-electron chi connectivity index (χ4n) is 5.38. The highest BCUT2D eigenvalue weighted by atomic mass is 19.1. The molecule has 3 nitrogen and oxygen atoms in total. The second-order valence-electron chi connectivity index (χ2n) is 8.41. The van der Waals surface area contributed by atoms with Crippen LogP contribution in [-0.4, -0.2) is 30.2 Å². The van der Waals surface area contributed by atoms with Crippen LogP contribution in [0.3, 0.4) is 0 Å². The van der Waals surface area contributed by atoms with E-state index < -0.39 is 12.0 Å². The van der Waals surface area contributed by atoms with Crippen LogP contribution in [0.2, 0.25) is 0 Å². The molecule has 1 aliphatic heterocycles. The maximum Gasteiger partial charge on any atom is 0.175 e. The minimum Gasteiger partial charge on any atom is -0.347 e. The minimum atomic E-state index is -0.700. The van der Waals surface area contributed by atoms with E-state index in [1.165, 1.54) is 12.1 Å². The normalized spacial score (nSPS) is 30.8. The van der Waals surface area contributed by atoms with Crippen molar-refractivity contribution < 1.29 is 18.3 Å². The van der Waals surface area contributed by atoms with Gasteiger partial charge < -0.3 is 9.47 Å². The molecule has 2 heterocycles. The van der Waals surface area contributed by atoms with Gasteiger partial charge in [-0.1, -0.05) is 24.3 Å². The molecular weight excluding hydrogens is 372 g/mol. The van der Waals surface area contributed by atoms with Gasteiger partial charge in [0.2, 0.25) is 0 Å². The smallest absolute Gasteiger partial charge is 0.175 e. The van der Waals surface area contributed by atoms with Gasteiger partial charge in [0, 0.05) is 24.1 Å². The Morgan fingerprint density at radius 2 is 1.93 bits per heavy atom. The molecule has 0 amide bonds. The van der Waals surface area contributed by atoms with Crippen LogP contribution in [-0.2, 0) is 9.47 Å². The highest BCUT2D eigenvalue weighted by molar-refractivity contribution is 5.63. The van der Waals surface area contributed by atoms with Crippen LogP contribution in [0.25, 0.3) is 17.2 Å². The third kappa shape index (κ3) is 3.62. The van der Waals surface area contributed by atoms with E-state index in [1.807, 2.05) is 24.3 Å². The number of benzene rings is 1. The summed E-state index contributed by atoms with van der Waals surface area (Å²) in [6.07, 6.45) is 8.12. The van der Waals surface area contributed by atoms with E-state index in [2.05, 4.69) is 11.1 Å². The Bertz CT molecular complexity index is 892. The van der Waals surface area contributed by atoms with Gasteiger partial charge in [0.1, 0.15) is 12.0 Å². The molecule has 2 saturated carbocycles. The van der Waals surface area contributed by atoms with Gasteiger partial charge in [0.25, 0.3) is 0 Å². The second kappa shape index (κ2) is 7.62. The number of alkyl halides is 1. The zero-order chi connectivity index (χ0) is 19.8.